The molecule has 4 aliphatic carbocycles. The van der Waals surface area contributed by atoms with Crippen molar-refractivity contribution >= 4 is 6.21 Å². The third kappa shape index (κ3) is 2.36. The number of rotatable bonds is 2. The molecule has 0 aliphatic heterocycles. The fourth-order valence-electron chi connectivity index (χ4n) is 7.62. The summed E-state index contributed by atoms with van der Waals surface area (Å²) in [4.78, 5) is 4.93. The monoisotopic (exact) mass is 349 g/mol. The van der Waals surface area contributed by atoms with Gasteiger partial charge in [-0.25, -0.2) is 0 Å². The fourth-order valence-corrected chi connectivity index (χ4v) is 7.62. The minimum absolute atomic E-state index is 0.0758. The number of oxime groups is 1. The SMILES string of the molecule is CO/N=C\[C@H]1CC[C@]2(O)[C@@H]3CC[C@@H]4C[C@@H](O)CC[C@]4(C)[C@H]3CC[C@]12C. The van der Waals surface area contributed by atoms with Gasteiger partial charge in [-0.2, -0.15) is 0 Å². The number of aliphatic hydroxyl groups excluding tert-OH is 1. The van der Waals surface area contributed by atoms with Gasteiger partial charge in [-0.3, -0.25) is 0 Å². The third-order valence-corrected chi connectivity index (χ3v) is 9.24. The van der Waals surface area contributed by atoms with Crippen LogP contribution in [0.15, 0.2) is 5.16 Å². The van der Waals surface area contributed by atoms with E-state index in [-0.39, 0.29) is 11.5 Å². The van der Waals surface area contributed by atoms with Crippen LogP contribution in [0.25, 0.3) is 0 Å². The summed E-state index contributed by atoms with van der Waals surface area (Å²) in [6.07, 6.45) is 11.4. The van der Waals surface area contributed by atoms with E-state index in [9.17, 15) is 10.2 Å². The summed E-state index contributed by atoms with van der Waals surface area (Å²) in [5.74, 6) is 1.97. The molecule has 4 fully saturated rings. The largest absolute Gasteiger partial charge is 0.399 e. The first-order valence-electron chi connectivity index (χ1n) is 10.3. The van der Waals surface area contributed by atoms with Crippen molar-refractivity contribution in [2.24, 2.45) is 39.7 Å². The molecule has 0 bridgehead atoms. The van der Waals surface area contributed by atoms with Gasteiger partial charge in [0.1, 0.15) is 7.11 Å². The molecular weight excluding hydrogens is 314 g/mol. The summed E-state index contributed by atoms with van der Waals surface area (Å²) in [5.41, 5.74) is -0.337. The van der Waals surface area contributed by atoms with Crippen LogP contribution in [-0.4, -0.2) is 35.2 Å². The maximum absolute atomic E-state index is 11.9. The molecule has 0 aromatic heterocycles. The number of aliphatic hydroxyl groups is 2. The molecule has 0 spiro atoms. The number of fused-ring (bicyclic) bond motifs is 5. The molecule has 0 unspecified atom stereocenters. The van der Waals surface area contributed by atoms with Gasteiger partial charge < -0.3 is 15.1 Å². The van der Waals surface area contributed by atoms with Crippen LogP contribution in [0.4, 0.5) is 0 Å². The Bertz CT molecular complexity index is 551. The molecule has 0 saturated heterocycles. The van der Waals surface area contributed by atoms with Gasteiger partial charge in [0, 0.05) is 17.5 Å². The molecule has 0 aromatic carbocycles. The van der Waals surface area contributed by atoms with E-state index < -0.39 is 5.60 Å². The van der Waals surface area contributed by atoms with Gasteiger partial charge >= 0.3 is 0 Å². The van der Waals surface area contributed by atoms with E-state index in [1.807, 2.05) is 6.21 Å². The summed E-state index contributed by atoms with van der Waals surface area (Å²) in [6.45, 7) is 4.76. The van der Waals surface area contributed by atoms with Gasteiger partial charge in [0.05, 0.1) is 11.7 Å². The average molecular weight is 350 g/mol. The maximum Gasteiger partial charge on any atom is 0.106 e. The summed E-state index contributed by atoms with van der Waals surface area (Å²) in [7, 11) is 1.59. The molecule has 8 atom stereocenters. The van der Waals surface area contributed by atoms with Gasteiger partial charge in [0.2, 0.25) is 0 Å². The lowest BCUT2D eigenvalue weighted by atomic mass is 9.43. The fraction of sp³-hybridized carbons (Fsp3) is 0.952. The van der Waals surface area contributed by atoms with Crippen LogP contribution >= 0.6 is 0 Å². The second-order valence-electron chi connectivity index (χ2n) is 9.88. The molecule has 4 saturated carbocycles. The first kappa shape index (κ1) is 17.8. The zero-order valence-corrected chi connectivity index (χ0v) is 16.1. The van der Waals surface area contributed by atoms with Gasteiger partial charge in [-0.05, 0) is 81.0 Å². The Hall–Kier alpha value is -0.610. The highest BCUT2D eigenvalue weighted by Crippen LogP contribution is 2.68. The Morgan fingerprint density at radius 3 is 2.56 bits per heavy atom. The molecule has 4 aliphatic rings. The first-order valence-corrected chi connectivity index (χ1v) is 10.3. The van der Waals surface area contributed by atoms with Gasteiger partial charge in [0.15, 0.2) is 0 Å². The Morgan fingerprint density at radius 1 is 1.00 bits per heavy atom. The van der Waals surface area contributed by atoms with E-state index in [1.54, 1.807) is 7.11 Å². The standard InChI is InChI=1S/C21H35NO3/c1-19-9-7-16(23)12-14(19)4-5-18-17(19)8-10-20(2)15(13-22-25-3)6-11-21(18,20)24/h13-18,23-24H,4-12H2,1-3H3/b22-13-/t14-,15-,16+,17+,18-,19+,20-,21+/m1/s1. The average Bonchev–Trinajstić information content (AvgIpc) is 2.85. The van der Waals surface area contributed by atoms with Crippen molar-refractivity contribution in [3.63, 3.8) is 0 Å². The summed E-state index contributed by atoms with van der Waals surface area (Å²) in [5, 5.41) is 26.1. The lowest BCUT2D eigenvalue weighted by Gasteiger charge is -2.63. The van der Waals surface area contributed by atoms with Crippen LogP contribution in [0.3, 0.4) is 0 Å². The van der Waals surface area contributed by atoms with Crippen LogP contribution < -0.4 is 0 Å². The highest BCUT2D eigenvalue weighted by molar-refractivity contribution is 5.62. The second kappa shape index (κ2) is 5.95. The van der Waals surface area contributed by atoms with Crippen molar-refractivity contribution < 1.29 is 15.1 Å². The normalized spacial score (nSPS) is 55.5. The lowest BCUT2D eigenvalue weighted by Crippen LogP contribution is -2.62. The van der Waals surface area contributed by atoms with Crippen LogP contribution in [-0.2, 0) is 4.84 Å². The molecule has 4 rings (SSSR count). The highest BCUT2D eigenvalue weighted by atomic mass is 16.6. The zero-order chi connectivity index (χ0) is 17.9. The quantitative estimate of drug-likeness (QED) is 0.589. The van der Waals surface area contributed by atoms with Crippen molar-refractivity contribution in [3.05, 3.63) is 0 Å². The number of hydrogen-bond donors (Lipinski definition) is 2. The molecule has 2 N–H and O–H groups in total. The Kier molecular flexibility index (Phi) is 4.23. The first-order chi connectivity index (χ1) is 11.8. The molecular formula is C21H35NO3. The van der Waals surface area contributed by atoms with E-state index >= 15 is 0 Å². The van der Waals surface area contributed by atoms with E-state index in [0.717, 1.165) is 44.9 Å². The topological polar surface area (TPSA) is 62.0 Å². The molecule has 0 radical (unpaired) electrons. The molecule has 0 heterocycles. The van der Waals surface area contributed by atoms with E-state index in [0.29, 0.717) is 29.1 Å². The molecule has 4 heteroatoms. The predicted molar refractivity (Wildman–Crippen MR) is 98.2 cm³/mol. The predicted octanol–water partition coefficient (Wildman–Crippen LogP) is 3.75. The van der Waals surface area contributed by atoms with Crippen molar-refractivity contribution in [2.75, 3.05) is 7.11 Å². The van der Waals surface area contributed by atoms with Crippen molar-refractivity contribution in [1.29, 1.82) is 0 Å². The van der Waals surface area contributed by atoms with E-state index in [2.05, 4.69) is 19.0 Å². The lowest BCUT2D eigenvalue weighted by molar-refractivity contribution is -0.206. The van der Waals surface area contributed by atoms with Crippen molar-refractivity contribution in [2.45, 2.75) is 83.3 Å². The minimum Gasteiger partial charge on any atom is -0.399 e. The van der Waals surface area contributed by atoms with E-state index in [1.165, 1.54) is 12.8 Å². The van der Waals surface area contributed by atoms with Gasteiger partial charge in [-0.15, -0.1) is 0 Å². The van der Waals surface area contributed by atoms with Crippen LogP contribution in [0.2, 0.25) is 0 Å². The van der Waals surface area contributed by atoms with Gasteiger partial charge in [0.25, 0.3) is 0 Å². The second-order valence-corrected chi connectivity index (χ2v) is 9.88. The highest BCUT2D eigenvalue weighted by Gasteiger charge is 2.66. The van der Waals surface area contributed by atoms with Crippen LogP contribution in [0.5, 0.6) is 0 Å². The summed E-state index contributed by atoms with van der Waals surface area (Å²) < 4.78 is 0. The minimum atomic E-state index is -0.565. The summed E-state index contributed by atoms with van der Waals surface area (Å²) >= 11 is 0. The van der Waals surface area contributed by atoms with Crippen molar-refractivity contribution in [3.8, 4) is 0 Å². The number of nitrogens with zero attached hydrogens (tertiary/aromatic N) is 1. The van der Waals surface area contributed by atoms with Crippen molar-refractivity contribution in [1.82, 2.24) is 0 Å². The molecule has 4 nitrogen and oxygen atoms in total. The Labute approximate surface area is 152 Å². The summed E-state index contributed by atoms with van der Waals surface area (Å²) in [6, 6.07) is 0. The molecule has 25 heavy (non-hydrogen) atoms. The van der Waals surface area contributed by atoms with Gasteiger partial charge in [-0.1, -0.05) is 19.0 Å². The Morgan fingerprint density at radius 2 is 1.80 bits per heavy atom. The zero-order valence-electron chi connectivity index (χ0n) is 16.1. The molecule has 0 aromatic rings. The maximum atomic E-state index is 11.9. The third-order valence-electron chi connectivity index (χ3n) is 9.24. The Balaban J connectivity index is 1.64. The van der Waals surface area contributed by atoms with Crippen LogP contribution in [0, 0.1) is 34.5 Å². The number of hydrogen-bond acceptors (Lipinski definition) is 4. The molecule has 0 amide bonds. The van der Waals surface area contributed by atoms with Crippen LogP contribution in [0.1, 0.15) is 71.6 Å². The molecule has 142 valence electrons. The smallest absolute Gasteiger partial charge is 0.106 e. The van der Waals surface area contributed by atoms with E-state index in [4.69, 9.17) is 4.84 Å².